The van der Waals surface area contributed by atoms with E-state index in [0.29, 0.717) is 5.69 Å². The van der Waals surface area contributed by atoms with Crippen LogP contribution in [0.15, 0.2) is 24.4 Å². The largest absolute Gasteiger partial charge is 0.288 e. The summed E-state index contributed by atoms with van der Waals surface area (Å²) in [6, 6.07) is 5.27. The van der Waals surface area contributed by atoms with Crippen molar-refractivity contribution in [2.45, 2.75) is 0 Å². The van der Waals surface area contributed by atoms with Crippen LogP contribution in [0.5, 0.6) is 0 Å². The molecule has 0 unspecified atom stereocenters. The fourth-order valence-corrected chi connectivity index (χ4v) is 0.470. The average Bonchev–Trinajstić information content (AvgIpc) is 1.77. The van der Waals surface area contributed by atoms with E-state index in [2.05, 4.69) is 6.92 Å². The van der Waals surface area contributed by atoms with Gasteiger partial charge in [-0.3, -0.25) is 5.21 Å². The summed E-state index contributed by atoms with van der Waals surface area (Å²) in [5.41, 5.74) is 0.590. The molecule has 0 fully saturated rings. The van der Waals surface area contributed by atoms with Crippen LogP contribution in [0, 0.1) is 48.7 Å². The predicted octanol–water partition coefficient (Wildman–Crippen LogP) is 0.394. The second kappa shape index (κ2) is 4.08. The molecule has 0 aliphatic carbocycles. The van der Waals surface area contributed by atoms with Gasteiger partial charge in [0.25, 0.3) is 0 Å². The zero-order valence-corrected chi connectivity index (χ0v) is 8.05. The summed E-state index contributed by atoms with van der Waals surface area (Å²) in [5, 5.41) is 8.77. The number of hydrogen-bond acceptors (Lipinski definition) is 1. The van der Waals surface area contributed by atoms with Gasteiger partial charge in [-0.25, -0.2) is 0 Å². The van der Waals surface area contributed by atoms with Gasteiger partial charge in [0.15, 0.2) is 0 Å². The van der Waals surface area contributed by atoms with Crippen molar-refractivity contribution in [1.82, 2.24) is 0 Å². The van der Waals surface area contributed by atoms with Gasteiger partial charge in [0.2, 0.25) is 6.20 Å². The minimum absolute atomic E-state index is 0. The Bertz CT molecular complexity index is 169. The standard InChI is InChI=1S/C6H7NO.Ce/c1-6-4-2-3-5-7(6)8;/h2-5,8H,1H2;. The SMILES string of the molecule is [CH2-]c1cccc[n+]1O.[Ce]. The molecule has 0 aliphatic heterocycles. The Hall–Kier alpha value is 0.197. The smallest absolute Gasteiger partial charge is 0.217 e. The van der Waals surface area contributed by atoms with Gasteiger partial charge in [-0.1, -0.05) is 0 Å². The zero-order chi connectivity index (χ0) is 5.98. The van der Waals surface area contributed by atoms with Crippen molar-refractivity contribution in [1.29, 1.82) is 0 Å². The van der Waals surface area contributed by atoms with Crippen LogP contribution in [-0.4, -0.2) is 5.21 Å². The molecule has 0 saturated heterocycles. The monoisotopic (exact) mass is 249 g/mol. The maximum absolute atomic E-state index is 8.77. The number of rotatable bonds is 0. The molecule has 2 nitrogen and oxygen atoms in total. The summed E-state index contributed by atoms with van der Waals surface area (Å²) < 4.78 is 0.972. The molecule has 1 aromatic rings. The van der Waals surface area contributed by atoms with E-state index in [9.17, 15) is 0 Å². The van der Waals surface area contributed by atoms with Crippen molar-refractivity contribution in [3.63, 3.8) is 0 Å². The van der Waals surface area contributed by atoms with Gasteiger partial charge < -0.3 is 0 Å². The Morgan fingerprint density at radius 1 is 1.44 bits per heavy atom. The second-order valence-electron chi connectivity index (χ2n) is 1.54. The molecule has 0 radical (unpaired) electrons. The first-order valence-electron chi connectivity index (χ1n) is 2.32. The molecule has 1 N–H and O–H groups in total. The van der Waals surface area contributed by atoms with Gasteiger partial charge in [-0.15, -0.1) is 12.1 Å². The minimum atomic E-state index is 0. The fraction of sp³-hybridized carbons (Fsp3) is 0. The number of pyridine rings is 1. The second-order valence-corrected chi connectivity index (χ2v) is 1.54. The van der Waals surface area contributed by atoms with Crippen molar-refractivity contribution < 1.29 is 51.7 Å². The Morgan fingerprint density at radius 2 is 2.11 bits per heavy atom. The summed E-state index contributed by atoms with van der Waals surface area (Å²) in [7, 11) is 0. The van der Waals surface area contributed by atoms with Crippen LogP contribution in [-0.2, 0) is 0 Å². The molecule has 0 atom stereocenters. The molecule has 0 aliphatic rings. The third-order valence-corrected chi connectivity index (χ3v) is 0.921. The van der Waals surface area contributed by atoms with Gasteiger partial charge in [-0.05, 0) is 10.8 Å². The number of aromatic nitrogens is 1. The molecular formula is C6H7CeNO. The molecule has 1 heterocycles. The zero-order valence-electron chi connectivity index (χ0n) is 4.91. The molecule has 1 aromatic heterocycles. The van der Waals surface area contributed by atoms with Gasteiger partial charge in [0.05, 0.1) is 5.69 Å². The van der Waals surface area contributed by atoms with Crippen molar-refractivity contribution in [2.75, 3.05) is 0 Å². The molecule has 0 aromatic carbocycles. The molecular weight excluding hydrogens is 242 g/mol. The maximum Gasteiger partial charge on any atom is 0.217 e. The van der Waals surface area contributed by atoms with E-state index < -0.39 is 0 Å². The molecule has 1 rings (SSSR count). The third kappa shape index (κ3) is 2.51. The van der Waals surface area contributed by atoms with Crippen LogP contribution in [0.4, 0.5) is 0 Å². The normalized spacial score (nSPS) is 8.00. The summed E-state index contributed by atoms with van der Waals surface area (Å²) >= 11 is 0. The predicted molar refractivity (Wildman–Crippen MR) is 28.3 cm³/mol. The van der Waals surface area contributed by atoms with Crippen LogP contribution >= 0.6 is 0 Å². The van der Waals surface area contributed by atoms with E-state index in [1.807, 2.05) is 6.07 Å². The summed E-state index contributed by atoms with van der Waals surface area (Å²) in [4.78, 5) is 0. The van der Waals surface area contributed by atoms with E-state index in [4.69, 9.17) is 5.21 Å². The van der Waals surface area contributed by atoms with Crippen LogP contribution < -0.4 is 4.73 Å². The third-order valence-electron chi connectivity index (χ3n) is 0.921. The van der Waals surface area contributed by atoms with Crippen LogP contribution in [0.3, 0.4) is 0 Å². The first-order chi connectivity index (χ1) is 3.80. The van der Waals surface area contributed by atoms with Gasteiger partial charge in [0, 0.05) is 41.7 Å². The summed E-state index contributed by atoms with van der Waals surface area (Å²) in [6.07, 6.45) is 1.53. The van der Waals surface area contributed by atoms with Crippen molar-refractivity contribution >= 4 is 0 Å². The first-order valence-corrected chi connectivity index (χ1v) is 2.32. The Morgan fingerprint density at radius 3 is 2.44 bits per heavy atom. The maximum atomic E-state index is 8.77. The van der Waals surface area contributed by atoms with E-state index in [-0.39, 0.29) is 41.7 Å². The molecule has 0 bridgehead atoms. The van der Waals surface area contributed by atoms with Gasteiger partial charge >= 0.3 is 0 Å². The Balaban J connectivity index is 0.000000640. The molecule has 9 heavy (non-hydrogen) atoms. The Kier molecular flexibility index (Phi) is 4.17. The minimum Gasteiger partial charge on any atom is -0.288 e. The summed E-state index contributed by atoms with van der Waals surface area (Å²) in [5.74, 6) is 0. The van der Waals surface area contributed by atoms with E-state index in [1.165, 1.54) is 6.20 Å². The first kappa shape index (κ1) is 9.20. The van der Waals surface area contributed by atoms with E-state index in [1.54, 1.807) is 12.1 Å². The molecule has 0 spiro atoms. The van der Waals surface area contributed by atoms with Crippen molar-refractivity contribution in [3.05, 3.63) is 37.0 Å². The topological polar surface area (TPSA) is 24.1 Å². The quantitative estimate of drug-likeness (QED) is 0.401. The van der Waals surface area contributed by atoms with E-state index in [0.717, 1.165) is 4.73 Å². The number of hydrogen-bond donors (Lipinski definition) is 1. The molecule has 0 amide bonds. The van der Waals surface area contributed by atoms with E-state index >= 15 is 0 Å². The molecule has 46 valence electrons. The molecule has 3 heteroatoms. The van der Waals surface area contributed by atoms with Crippen LogP contribution in [0.1, 0.15) is 5.69 Å². The van der Waals surface area contributed by atoms with Crippen LogP contribution in [0.25, 0.3) is 0 Å². The average molecular weight is 249 g/mol. The van der Waals surface area contributed by atoms with Gasteiger partial charge in [-0.2, -0.15) is 6.92 Å². The van der Waals surface area contributed by atoms with Crippen molar-refractivity contribution in [2.24, 2.45) is 0 Å². The summed E-state index contributed by atoms with van der Waals surface area (Å²) in [6.45, 7) is 3.53. The fourth-order valence-electron chi connectivity index (χ4n) is 0.470. The molecule has 0 saturated carbocycles. The Labute approximate surface area is 87.9 Å². The number of nitrogens with zero attached hydrogens (tertiary/aromatic N) is 1. The van der Waals surface area contributed by atoms with Crippen molar-refractivity contribution in [3.8, 4) is 0 Å². The van der Waals surface area contributed by atoms with Crippen LogP contribution in [0.2, 0.25) is 0 Å². The van der Waals surface area contributed by atoms with Gasteiger partial charge in [0.1, 0.15) is 0 Å².